The summed E-state index contributed by atoms with van der Waals surface area (Å²) in [6.45, 7) is 4.97. The number of ether oxygens (including phenoxy) is 1. The van der Waals surface area contributed by atoms with E-state index in [0.717, 1.165) is 16.9 Å². The number of aryl methyl sites for hydroxylation is 2. The summed E-state index contributed by atoms with van der Waals surface area (Å²) in [6, 6.07) is 5.99. The van der Waals surface area contributed by atoms with Crippen LogP contribution in [0.5, 0.6) is 5.75 Å². The summed E-state index contributed by atoms with van der Waals surface area (Å²) >= 11 is 0. The highest BCUT2D eigenvalue weighted by Gasteiger charge is 2.05. The second kappa shape index (κ2) is 6.65. The first kappa shape index (κ1) is 14.0. The molecule has 0 unspecified atom stereocenters. The van der Waals surface area contributed by atoms with E-state index in [0.29, 0.717) is 13.2 Å². The van der Waals surface area contributed by atoms with Gasteiger partial charge in [-0.05, 0) is 35.4 Å². The minimum absolute atomic E-state index is 0.108. The van der Waals surface area contributed by atoms with E-state index in [1.807, 2.05) is 32.0 Å². The summed E-state index contributed by atoms with van der Waals surface area (Å²) in [5.74, 6) is 0.727. The summed E-state index contributed by atoms with van der Waals surface area (Å²) in [7, 11) is 0. The largest absolute Gasteiger partial charge is 0.491 e. The highest BCUT2D eigenvalue weighted by Crippen LogP contribution is 2.21. The van der Waals surface area contributed by atoms with E-state index in [4.69, 9.17) is 4.74 Å². The number of tetrazole rings is 1. The molecule has 1 aromatic heterocycles. The molecule has 0 radical (unpaired) electrons. The van der Waals surface area contributed by atoms with Crippen molar-refractivity contribution in [1.82, 2.24) is 25.5 Å². The minimum Gasteiger partial charge on any atom is -0.491 e. The van der Waals surface area contributed by atoms with E-state index in [1.165, 1.54) is 11.0 Å². The zero-order chi connectivity index (χ0) is 14.4. The molecule has 7 nitrogen and oxygen atoms in total. The number of benzene rings is 1. The monoisotopic (exact) mass is 275 g/mol. The summed E-state index contributed by atoms with van der Waals surface area (Å²) in [5.41, 5.74) is 2.18. The summed E-state index contributed by atoms with van der Waals surface area (Å²) < 4.78 is 7.05. The minimum atomic E-state index is -0.151. The zero-order valence-corrected chi connectivity index (χ0v) is 11.5. The molecule has 2 aromatic rings. The Hall–Kier alpha value is -2.44. The van der Waals surface area contributed by atoms with Crippen molar-refractivity contribution in [3.8, 4) is 5.75 Å². The second-order valence-corrected chi connectivity index (χ2v) is 4.43. The number of carbonyl (C=O) groups excluding carboxylic acids is 1. The maximum Gasteiger partial charge on any atom is 0.241 e. The third-order valence-electron chi connectivity index (χ3n) is 2.78. The van der Waals surface area contributed by atoms with E-state index < -0.39 is 0 Å². The second-order valence-electron chi connectivity index (χ2n) is 4.43. The Labute approximate surface area is 116 Å². The van der Waals surface area contributed by atoms with Gasteiger partial charge in [-0.3, -0.25) is 4.79 Å². The van der Waals surface area contributed by atoms with Crippen LogP contribution >= 0.6 is 0 Å². The van der Waals surface area contributed by atoms with Gasteiger partial charge in [0.15, 0.2) is 0 Å². The molecule has 0 atom stereocenters. The fraction of sp³-hybridized carbons (Fsp3) is 0.385. The van der Waals surface area contributed by atoms with Gasteiger partial charge in [0.2, 0.25) is 5.91 Å². The number of nitrogens with zero attached hydrogens (tertiary/aromatic N) is 4. The molecule has 1 N–H and O–H groups in total. The molecule has 0 saturated heterocycles. The SMILES string of the molecule is Cc1cccc(C)c1OCCNC(=O)Cn1cnnn1. The molecular weight excluding hydrogens is 258 g/mol. The molecule has 106 valence electrons. The van der Waals surface area contributed by atoms with Crippen molar-refractivity contribution < 1.29 is 9.53 Å². The molecule has 1 amide bonds. The summed E-state index contributed by atoms with van der Waals surface area (Å²) in [4.78, 5) is 11.6. The summed E-state index contributed by atoms with van der Waals surface area (Å²) in [5, 5.41) is 13.3. The van der Waals surface area contributed by atoms with Crippen LogP contribution in [-0.4, -0.2) is 39.3 Å². The molecule has 0 aliphatic heterocycles. The smallest absolute Gasteiger partial charge is 0.241 e. The molecule has 0 spiro atoms. The summed E-state index contributed by atoms with van der Waals surface area (Å²) in [6.07, 6.45) is 1.40. The van der Waals surface area contributed by atoms with Gasteiger partial charge in [0.25, 0.3) is 0 Å². The normalized spacial score (nSPS) is 10.3. The van der Waals surface area contributed by atoms with E-state index >= 15 is 0 Å². The van der Waals surface area contributed by atoms with Crippen molar-refractivity contribution >= 4 is 5.91 Å². The molecule has 7 heteroatoms. The number of nitrogens with one attached hydrogen (secondary N) is 1. The lowest BCUT2D eigenvalue weighted by Crippen LogP contribution is -2.31. The standard InChI is InChI=1S/C13H17N5O2/c1-10-4-3-5-11(2)13(10)20-7-6-14-12(19)8-18-9-15-16-17-18/h3-5,9H,6-8H2,1-2H3,(H,14,19). The van der Waals surface area contributed by atoms with Crippen LogP contribution < -0.4 is 10.1 Å². The van der Waals surface area contributed by atoms with Gasteiger partial charge < -0.3 is 10.1 Å². The van der Waals surface area contributed by atoms with Crippen molar-refractivity contribution in [1.29, 1.82) is 0 Å². The Morgan fingerprint density at radius 1 is 1.35 bits per heavy atom. The molecule has 0 bridgehead atoms. The lowest BCUT2D eigenvalue weighted by atomic mass is 10.1. The molecule has 20 heavy (non-hydrogen) atoms. The van der Waals surface area contributed by atoms with Gasteiger partial charge >= 0.3 is 0 Å². The van der Waals surface area contributed by atoms with Crippen LogP contribution in [0.25, 0.3) is 0 Å². The van der Waals surface area contributed by atoms with E-state index in [-0.39, 0.29) is 12.5 Å². The number of para-hydroxylation sites is 1. The molecule has 0 fully saturated rings. The van der Waals surface area contributed by atoms with Crippen molar-refractivity contribution in [3.05, 3.63) is 35.7 Å². The molecule has 1 aromatic carbocycles. The first-order valence-corrected chi connectivity index (χ1v) is 6.33. The third kappa shape index (κ3) is 3.78. The number of hydrogen-bond acceptors (Lipinski definition) is 5. The van der Waals surface area contributed by atoms with E-state index in [9.17, 15) is 4.79 Å². The number of amides is 1. The highest BCUT2D eigenvalue weighted by atomic mass is 16.5. The molecule has 0 saturated carbocycles. The molecule has 1 heterocycles. The molecular formula is C13H17N5O2. The Kier molecular flexibility index (Phi) is 4.65. The topological polar surface area (TPSA) is 81.9 Å². The first-order chi connectivity index (χ1) is 9.66. The number of carbonyl (C=O) groups is 1. The van der Waals surface area contributed by atoms with Gasteiger partial charge in [-0.2, -0.15) is 0 Å². The molecule has 0 aliphatic carbocycles. The van der Waals surface area contributed by atoms with Crippen LogP contribution in [0.4, 0.5) is 0 Å². The average Bonchev–Trinajstić information content (AvgIpc) is 2.90. The number of rotatable bonds is 6. The predicted molar refractivity (Wildman–Crippen MR) is 72.2 cm³/mol. The maximum atomic E-state index is 11.6. The van der Waals surface area contributed by atoms with Gasteiger partial charge in [-0.15, -0.1) is 5.10 Å². The van der Waals surface area contributed by atoms with Gasteiger partial charge in [-0.1, -0.05) is 18.2 Å². The van der Waals surface area contributed by atoms with Crippen LogP contribution in [0.2, 0.25) is 0 Å². The van der Waals surface area contributed by atoms with Gasteiger partial charge in [0, 0.05) is 0 Å². The third-order valence-corrected chi connectivity index (χ3v) is 2.78. The number of hydrogen-bond donors (Lipinski definition) is 1. The molecule has 0 aliphatic rings. The molecule has 2 rings (SSSR count). The average molecular weight is 275 g/mol. The van der Waals surface area contributed by atoms with Crippen molar-refractivity contribution in [2.75, 3.05) is 13.2 Å². The lowest BCUT2D eigenvalue weighted by Gasteiger charge is -2.12. The number of aromatic nitrogens is 4. The lowest BCUT2D eigenvalue weighted by molar-refractivity contribution is -0.121. The van der Waals surface area contributed by atoms with Gasteiger partial charge in [0.05, 0.1) is 6.54 Å². The fourth-order valence-corrected chi connectivity index (χ4v) is 1.83. The Balaban J connectivity index is 1.72. The highest BCUT2D eigenvalue weighted by molar-refractivity contribution is 5.75. The van der Waals surface area contributed by atoms with Gasteiger partial charge in [-0.25, -0.2) is 4.68 Å². The van der Waals surface area contributed by atoms with Crippen molar-refractivity contribution in [3.63, 3.8) is 0 Å². The van der Waals surface area contributed by atoms with Crippen molar-refractivity contribution in [2.24, 2.45) is 0 Å². The maximum absolute atomic E-state index is 11.6. The van der Waals surface area contributed by atoms with Crippen LogP contribution in [-0.2, 0) is 11.3 Å². The van der Waals surface area contributed by atoms with Crippen LogP contribution in [0.15, 0.2) is 24.5 Å². The van der Waals surface area contributed by atoms with E-state index in [2.05, 4.69) is 20.8 Å². The van der Waals surface area contributed by atoms with Crippen molar-refractivity contribution in [2.45, 2.75) is 20.4 Å². The predicted octanol–water partition coefficient (Wildman–Crippen LogP) is 0.485. The van der Waals surface area contributed by atoms with Crippen LogP contribution in [0.3, 0.4) is 0 Å². The fourth-order valence-electron chi connectivity index (χ4n) is 1.83. The Morgan fingerprint density at radius 2 is 2.10 bits per heavy atom. The van der Waals surface area contributed by atoms with Crippen LogP contribution in [0, 0.1) is 13.8 Å². The Bertz CT molecular complexity index is 548. The Morgan fingerprint density at radius 3 is 2.75 bits per heavy atom. The first-order valence-electron chi connectivity index (χ1n) is 6.33. The quantitative estimate of drug-likeness (QED) is 0.776. The van der Waals surface area contributed by atoms with Gasteiger partial charge in [0.1, 0.15) is 25.2 Å². The van der Waals surface area contributed by atoms with Crippen LogP contribution in [0.1, 0.15) is 11.1 Å². The van der Waals surface area contributed by atoms with E-state index in [1.54, 1.807) is 0 Å². The zero-order valence-electron chi connectivity index (χ0n) is 11.5.